The van der Waals surface area contributed by atoms with E-state index in [0.717, 1.165) is 0 Å². The number of phenolic OH excluding ortho intramolecular Hbond substituents is 1. The fourth-order valence-electron chi connectivity index (χ4n) is 0.905. The lowest BCUT2D eigenvalue weighted by molar-refractivity contribution is 0.146. The van der Waals surface area contributed by atoms with Crippen LogP contribution in [0.15, 0.2) is 16.6 Å². The number of ether oxygens (including phenoxy) is 2. The zero-order valence-electron chi connectivity index (χ0n) is 7.79. The molecule has 5 heteroatoms. The average Bonchev–Trinajstić information content (AvgIpc) is 2.14. The lowest BCUT2D eigenvalue weighted by Crippen LogP contribution is -2.04. The first kappa shape index (κ1) is 11.1. The number of benzene rings is 1. The van der Waals surface area contributed by atoms with E-state index in [4.69, 9.17) is 15.2 Å². The summed E-state index contributed by atoms with van der Waals surface area (Å²) in [6.45, 7) is 0.940. The summed E-state index contributed by atoms with van der Waals surface area (Å²) in [6.07, 6.45) is 0. The van der Waals surface area contributed by atoms with E-state index < -0.39 is 0 Å². The van der Waals surface area contributed by atoms with Crippen LogP contribution >= 0.6 is 15.9 Å². The molecule has 0 bridgehead atoms. The van der Waals surface area contributed by atoms with Crippen molar-refractivity contribution in [3.8, 4) is 11.5 Å². The molecule has 1 rings (SSSR count). The van der Waals surface area contributed by atoms with Gasteiger partial charge in [-0.1, -0.05) is 0 Å². The molecule has 0 saturated carbocycles. The monoisotopic (exact) mass is 261 g/mol. The van der Waals surface area contributed by atoms with Crippen molar-refractivity contribution in [1.29, 1.82) is 0 Å². The molecule has 0 aromatic heterocycles. The molecule has 0 atom stereocenters. The maximum atomic E-state index is 9.37. The maximum absolute atomic E-state index is 9.37. The largest absolute Gasteiger partial charge is 0.506 e. The number of rotatable bonds is 4. The number of hydrogen-bond acceptors (Lipinski definition) is 4. The Hall–Kier alpha value is -0.940. The highest BCUT2D eigenvalue weighted by atomic mass is 79.9. The van der Waals surface area contributed by atoms with Gasteiger partial charge in [0.15, 0.2) is 0 Å². The van der Waals surface area contributed by atoms with E-state index in [1.54, 1.807) is 13.2 Å². The molecule has 3 N–H and O–H groups in total. The molecule has 1 aromatic carbocycles. The van der Waals surface area contributed by atoms with Gasteiger partial charge in [0.25, 0.3) is 0 Å². The van der Waals surface area contributed by atoms with Gasteiger partial charge in [0, 0.05) is 17.6 Å². The molecule has 0 saturated heterocycles. The summed E-state index contributed by atoms with van der Waals surface area (Å²) in [5.41, 5.74) is 5.84. The predicted octanol–water partition coefficient (Wildman–Crippen LogP) is 1.76. The van der Waals surface area contributed by atoms with Crippen LogP contribution in [-0.4, -0.2) is 25.4 Å². The number of hydrogen-bond donors (Lipinski definition) is 2. The summed E-state index contributed by atoms with van der Waals surface area (Å²) < 4.78 is 10.7. The Morgan fingerprint density at radius 3 is 2.71 bits per heavy atom. The summed E-state index contributed by atoms with van der Waals surface area (Å²) in [7, 11) is 1.60. The van der Waals surface area contributed by atoms with Crippen molar-refractivity contribution in [2.75, 3.05) is 26.1 Å². The minimum absolute atomic E-state index is 0.00629. The van der Waals surface area contributed by atoms with Gasteiger partial charge in [-0.3, -0.25) is 0 Å². The lowest BCUT2D eigenvalue weighted by atomic mass is 10.3. The first-order chi connectivity index (χ1) is 6.65. The molecule has 0 heterocycles. The van der Waals surface area contributed by atoms with E-state index in [0.29, 0.717) is 29.1 Å². The highest BCUT2D eigenvalue weighted by molar-refractivity contribution is 9.10. The van der Waals surface area contributed by atoms with E-state index in [1.165, 1.54) is 6.07 Å². The Bertz CT molecular complexity index is 294. The molecule has 14 heavy (non-hydrogen) atoms. The Morgan fingerprint density at radius 1 is 1.43 bits per heavy atom. The van der Waals surface area contributed by atoms with Crippen molar-refractivity contribution in [2.45, 2.75) is 0 Å². The third-order valence-electron chi connectivity index (χ3n) is 1.64. The molecule has 0 fully saturated rings. The van der Waals surface area contributed by atoms with Crippen molar-refractivity contribution >= 4 is 21.6 Å². The van der Waals surface area contributed by atoms with E-state index in [-0.39, 0.29) is 5.75 Å². The second-order valence-corrected chi connectivity index (χ2v) is 3.53. The third kappa shape index (κ3) is 2.78. The molecule has 0 aliphatic rings. The molecule has 4 nitrogen and oxygen atoms in total. The minimum atomic E-state index is 0.00629. The van der Waals surface area contributed by atoms with Gasteiger partial charge in [-0.15, -0.1) is 0 Å². The van der Waals surface area contributed by atoms with Gasteiger partial charge >= 0.3 is 0 Å². The number of halogens is 1. The van der Waals surface area contributed by atoms with E-state index in [1.807, 2.05) is 0 Å². The second-order valence-electron chi connectivity index (χ2n) is 2.68. The molecule has 0 spiro atoms. The fraction of sp³-hybridized carbons (Fsp3) is 0.333. The molecular weight excluding hydrogens is 250 g/mol. The SMILES string of the molecule is COCCOc1cc(O)c(N)c(Br)c1. The van der Waals surface area contributed by atoms with Crippen molar-refractivity contribution in [2.24, 2.45) is 0 Å². The van der Waals surface area contributed by atoms with Crippen LogP contribution in [0.25, 0.3) is 0 Å². The number of methoxy groups -OCH3 is 1. The quantitative estimate of drug-likeness (QED) is 0.493. The molecule has 0 amide bonds. The molecule has 0 aliphatic carbocycles. The van der Waals surface area contributed by atoms with Gasteiger partial charge in [-0.05, 0) is 22.0 Å². The lowest BCUT2D eigenvalue weighted by Gasteiger charge is -2.08. The maximum Gasteiger partial charge on any atom is 0.143 e. The number of nitrogen functional groups attached to an aromatic ring is 1. The summed E-state index contributed by atoms with van der Waals surface area (Å²) in [4.78, 5) is 0. The van der Waals surface area contributed by atoms with Crippen molar-refractivity contribution < 1.29 is 14.6 Å². The minimum Gasteiger partial charge on any atom is -0.506 e. The van der Waals surface area contributed by atoms with Crippen LogP contribution in [0.1, 0.15) is 0 Å². The normalized spacial score (nSPS) is 10.1. The van der Waals surface area contributed by atoms with Crippen LogP contribution in [0.5, 0.6) is 11.5 Å². The topological polar surface area (TPSA) is 64.7 Å². The summed E-state index contributed by atoms with van der Waals surface area (Å²) in [6, 6.07) is 3.17. The Labute approximate surface area is 90.8 Å². The van der Waals surface area contributed by atoms with E-state index >= 15 is 0 Å². The van der Waals surface area contributed by atoms with Gasteiger partial charge in [0.1, 0.15) is 18.1 Å². The standard InChI is InChI=1S/C9H12BrNO3/c1-13-2-3-14-6-4-7(10)9(11)8(12)5-6/h4-5,12H,2-3,11H2,1H3. The van der Waals surface area contributed by atoms with E-state index in [9.17, 15) is 5.11 Å². The van der Waals surface area contributed by atoms with Crippen LogP contribution in [0.2, 0.25) is 0 Å². The number of phenols is 1. The Morgan fingerprint density at radius 2 is 2.14 bits per heavy atom. The summed E-state index contributed by atoms with van der Waals surface area (Å²) in [5, 5.41) is 9.37. The van der Waals surface area contributed by atoms with E-state index in [2.05, 4.69) is 15.9 Å². The van der Waals surface area contributed by atoms with Gasteiger partial charge in [0.05, 0.1) is 12.3 Å². The highest BCUT2D eigenvalue weighted by Crippen LogP contribution is 2.33. The molecule has 0 unspecified atom stereocenters. The Balaban J connectivity index is 2.69. The van der Waals surface area contributed by atoms with Gasteiger partial charge < -0.3 is 20.3 Å². The fourth-order valence-corrected chi connectivity index (χ4v) is 1.33. The molecular formula is C9H12BrNO3. The molecule has 0 aliphatic heterocycles. The highest BCUT2D eigenvalue weighted by Gasteiger charge is 2.05. The Kier molecular flexibility index (Phi) is 4.03. The zero-order chi connectivity index (χ0) is 10.6. The van der Waals surface area contributed by atoms with Gasteiger partial charge in [-0.25, -0.2) is 0 Å². The summed E-state index contributed by atoms with van der Waals surface area (Å²) >= 11 is 3.21. The van der Waals surface area contributed by atoms with Crippen molar-refractivity contribution in [1.82, 2.24) is 0 Å². The first-order valence-corrected chi connectivity index (χ1v) is 4.84. The molecule has 0 radical (unpaired) electrons. The number of aromatic hydroxyl groups is 1. The average molecular weight is 262 g/mol. The molecule has 1 aromatic rings. The van der Waals surface area contributed by atoms with Crippen molar-refractivity contribution in [3.05, 3.63) is 16.6 Å². The second kappa shape index (κ2) is 5.07. The smallest absolute Gasteiger partial charge is 0.143 e. The summed E-state index contributed by atoms with van der Waals surface area (Å²) in [5.74, 6) is 0.562. The molecule has 78 valence electrons. The van der Waals surface area contributed by atoms with Gasteiger partial charge in [-0.2, -0.15) is 0 Å². The third-order valence-corrected chi connectivity index (χ3v) is 2.29. The first-order valence-electron chi connectivity index (χ1n) is 4.05. The number of anilines is 1. The van der Waals surface area contributed by atoms with Crippen LogP contribution < -0.4 is 10.5 Å². The predicted molar refractivity (Wildman–Crippen MR) is 57.6 cm³/mol. The van der Waals surface area contributed by atoms with Crippen molar-refractivity contribution in [3.63, 3.8) is 0 Å². The zero-order valence-corrected chi connectivity index (χ0v) is 9.37. The van der Waals surface area contributed by atoms with Crippen LogP contribution in [0.3, 0.4) is 0 Å². The van der Waals surface area contributed by atoms with Crippen LogP contribution in [0.4, 0.5) is 5.69 Å². The number of nitrogens with two attached hydrogens (primary N) is 1. The van der Waals surface area contributed by atoms with Crippen LogP contribution in [0, 0.1) is 0 Å². The van der Waals surface area contributed by atoms with Crippen LogP contribution in [-0.2, 0) is 4.74 Å². The van der Waals surface area contributed by atoms with Gasteiger partial charge in [0.2, 0.25) is 0 Å².